The van der Waals surface area contributed by atoms with E-state index in [9.17, 15) is 50.6 Å². The van der Waals surface area contributed by atoms with Crippen molar-refractivity contribution in [3.8, 4) is 5.69 Å². The lowest BCUT2D eigenvalue weighted by molar-refractivity contribution is -0.138. The molecule has 0 saturated carbocycles. The largest absolute Gasteiger partial charge is 0.477 e. The Hall–Kier alpha value is -4.56. The number of carboxylic acids is 1. The first-order valence-electron chi connectivity index (χ1n) is 12.2. The Morgan fingerprint density at radius 2 is 1.71 bits per heavy atom. The second-order valence-electron chi connectivity index (χ2n) is 9.63. The predicted molar refractivity (Wildman–Crippen MR) is 133 cm³/mol. The van der Waals surface area contributed by atoms with E-state index >= 15 is 0 Å². The van der Waals surface area contributed by atoms with Crippen LogP contribution in [-0.2, 0) is 26.2 Å². The molecule has 0 aliphatic heterocycles. The van der Waals surface area contributed by atoms with Crippen molar-refractivity contribution in [2.75, 3.05) is 0 Å². The van der Waals surface area contributed by atoms with Crippen molar-refractivity contribution in [3.05, 3.63) is 96.2 Å². The number of imidazole rings is 1. The lowest BCUT2D eigenvalue weighted by Crippen LogP contribution is -2.43. The van der Waals surface area contributed by atoms with Gasteiger partial charge in [0.05, 0.1) is 34.7 Å². The van der Waals surface area contributed by atoms with Gasteiger partial charge in [-0.3, -0.25) is 23.1 Å². The van der Waals surface area contributed by atoms with Crippen molar-refractivity contribution in [1.29, 1.82) is 0 Å². The molecule has 2 aromatic heterocycles. The maximum Gasteiger partial charge on any atom is 0.416 e. The number of aromatic nitrogens is 4. The lowest BCUT2D eigenvalue weighted by atomic mass is 10.0. The number of carbonyl (C=O) groups is 1. The van der Waals surface area contributed by atoms with Gasteiger partial charge in [0.1, 0.15) is 5.56 Å². The number of nitrogens with zero attached hydrogens (tertiary/aromatic N) is 4. The Kier molecular flexibility index (Phi) is 6.50. The summed E-state index contributed by atoms with van der Waals surface area (Å²) in [5.74, 6) is -1.71. The molecule has 2 heterocycles. The Morgan fingerprint density at radius 1 is 1.00 bits per heavy atom. The summed E-state index contributed by atoms with van der Waals surface area (Å²) in [5.41, 5.74) is -4.73. The zero-order valence-electron chi connectivity index (χ0n) is 21.1. The minimum atomic E-state index is -4.69. The molecular formula is C26H20F6N4O5. The monoisotopic (exact) mass is 582 g/mol. The standard InChI is InChI=1S/C26H20F6N4O5/c1-33-19-7-5-13(11-20(19)34(23(33)40)10-9-25(27,28)29)35-12-16(22(38)39)21(37)36(24(35)41)18-8-6-14-15(18)3-2-4-17(14)26(30,31)32/h2-5,7,11-12,18H,6,8-10H2,1H3,(H,38,39)/t18-/m1/s1. The fourth-order valence-electron chi connectivity index (χ4n) is 5.35. The number of hydrogen-bond acceptors (Lipinski definition) is 4. The molecule has 0 spiro atoms. The number of rotatable bonds is 5. The number of fused-ring (bicyclic) bond motifs is 2. The van der Waals surface area contributed by atoms with Gasteiger partial charge in [0.15, 0.2) is 0 Å². The van der Waals surface area contributed by atoms with Crippen molar-refractivity contribution < 1.29 is 36.2 Å². The highest BCUT2D eigenvalue weighted by Gasteiger charge is 2.38. The van der Waals surface area contributed by atoms with Gasteiger partial charge in [0.25, 0.3) is 5.56 Å². The topological polar surface area (TPSA) is 108 Å². The summed E-state index contributed by atoms with van der Waals surface area (Å²) in [4.78, 5) is 51.5. The van der Waals surface area contributed by atoms with E-state index in [0.29, 0.717) is 4.57 Å². The van der Waals surface area contributed by atoms with Crippen LogP contribution in [0.3, 0.4) is 0 Å². The molecule has 0 unspecified atom stereocenters. The van der Waals surface area contributed by atoms with Crippen molar-refractivity contribution >= 4 is 17.0 Å². The maximum absolute atomic E-state index is 13.7. The summed E-state index contributed by atoms with van der Waals surface area (Å²) < 4.78 is 82.8. The van der Waals surface area contributed by atoms with E-state index in [1.54, 1.807) is 0 Å². The highest BCUT2D eigenvalue weighted by Crippen LogP contribution is 2.41. The van der Waals surface area contributed by atoms with Crippen LogP contribution in [-0.4, -0.2) is 35.5 Å². The van der Waals surface area contributed by atoms with E-state index in [1.807, 2.05) is 0 Å². The highest BCUT2D eigenvalue weighted by molar-refractivity contribution is 5.87. The van der Waals surface area contributed by atoms with E-state index in [0.717, 1.165) is 32.0 Å². The van der Waals surface area contributed by atoms with Gasteiger partial charge in [-0.05, 0) is 48.2 Å². The molecule has 0 amide bonds. The van der Waals surface area contributed by atoms with Crippen LogP contribution in [0.25, 0.3) is 16.7 Å². The van der Waals surface area contributed by atoms with Crippen LogP contribution in [0.15, 0.2) is 57.0 Å². The van der Waals surface area contributed by atoms with Gasteiger partial charge in [-0.15, -0.1) is 0 Å². The van der Waals surface area contributed by atoms with Gasteiger partial charge in [-0.2, -0.15) is 26.3 Å². The van der Waals surface area contributed by atoms with E-state index < -0.39 is 65.4 Å². The molecule has 0 saturated heterocycles. The quantitative estimate of drug-likeness (QED) is 0.360. The van der Waals surface area contributed by atoms with Crippen LogP contribution in [0.4, 0.5) is 26.3 Å². The van der Waals surface area contributed by atoms with Crippen molar-refractivity contribution in [3.63, 3.8) is 0 Å². The predicted octanol–water partition coefficient (Wildman–Crippen LogP) is 3.86. The van der Waals surface area contributed by atoms with Crippen LogP contribution < -0.4 is 16.9 Å². The molecule has 0 bridgehead atoms. The molecule has 5 rings (SSSR count). The van der Waals surface area contributed by atoms with Crippen LogP contribution in [0.5, 0.6) is 0 Å². The van der Waals surface area contributed by atoms with E-state index in [1.165, 1.54) is 31.3 Å². The summed E-state index contributed by atoms with van der Waals surface area (Å²) in [6.45, 7) is -0.724. The summed E-state index contributed by atoms with van der Waals surface area (Å²) in [5, 5.41) is 9.71. The average Bonchev–Trinajstić information content (AvgIpc) is 3.40. The molecule has 1 aliphatic carbocycles. The number of aryl methyl sites for hydroxylation is 2. The van der Waals surface area contributed by atoms with Gasteiger partial charge in [0.2, 0.25) is 0 Å². The van der Waals surface area contributed by atoms with Gasteiger partial charge in [-0.25, -0.2) is 14.4 Å². The number of halogens is 6. The van der Waals surface area contributed by atoms with Crippen molar-refractivity contribution in [1.82, 2.24) is 18.3 Å². The molecule has 41 heavy (non-hydrogen) atoms. The van der Waals surface area contributed by atoms with Crippen LogP contribution in [0, 0.1) is 0 Å². The van der Waals surface area contributed by atoms with Crippen LogP contribution >= 0.6 is 0 Å². The van der Waals surface area contributed by atoms with Crippen molar-refractivity contribution in [2.45, 2.75) is 44.2 Å². The second kappa shape index (κ2) is 9.52. The first kappa shape index (κ1) is 28.0. The third kappa shape index (κ3) is 4.74. The van der Waals surface area contributed by atoms with E-state index in [-0.39, 0.29) is 40.7 Å². The third-order valence-corrected chi connectivity index (χ3v) is 7.23. The number of alkyl halides is 6. The second-order valence-corrected chi connectivity index (χ2v) is 9.63. The first-order valence-corrected chi connectivity index (χ1v) is 12.2. The zero-order valence-corrected chi connectivity index (χ0v) is 21.1. The lowest BCUT2D eigenvalue weighted by Gasteiger charge is -2.19. The fourth-order valence-corrected chi connectivity index (χ4v) is 5.35. The molecule has 15 heteroatoms. The molecule has 0 radical (unpaired) electrons. The van der Waals surface area contributed by atoms with Gasteiger partial charge in [-0.1, -0.05) is 12.1 Å². The van der Waals surface area contributed by atoms with Gasteiger partial charge < -0.3 is 5.11 Å². The van der Waals surface area contributed by atoms with E-state index in [4.69, 9.17) is 0 Å². The fraction of sp³-hybridized carbons (Fsp3) is 0.308. The average molecular weight is 582 g/mol. The maximum atomic E-state index is 13.7. The molecule has 1 N–H and O–H groups in total. The summed E-state index contributed by atoms with van der Waals surface area (Å²) in [7, 11) is 1.34. The van der Waals surface area contributed by atoms with Crippen molar-refractivity contribution in [2.24, 2.45) is 7.05 Å². The smallest absolute Gasteiger partial charge is 0.416 e. The summed E-state index contributed by atoms with van der Waals surface area (Å²) in [6, 6.07) is 6.00. The first-order chi connectivity index (χ1) is 19.1. The Balaban J connectivity index is 1.72. The third-order valence-electron chi connectivity index (χ3n) is 7.23. The zero-order chi connectivity index (χ0) is 30.0. The molecule has 4 aromatic rings. The van der Waals surface area contributed by atoms with Gasteiger partial charge in [0, 0.05) is 19.8 Å². The molecule has 216 valence electrons. The number of hydrogen-bond donors (Lipinski definition) is 1. The highest BCUT2D eigenvalue weighted by atomic mass is 19.4. The number of carboxylic acid groups (broad SMARTS) is 1. The molecule has 9 nitrogen and oxygen atoms in total. The molecule has 1 aliphatic rings. The minimum Gasteiger partial charge on any atom is -0.477 e. The van der Waals surface area contributed by atoms with Crippen LogP contribution in [0.1, 0.15) is 45.9 Å². The normalized spacial score (nSPS) is 15.4. The summed E-state index contributed by atoms with van der Waals surface area (Å²) >= 11 is 0. The van der Waals surface area contributed by atoms with E-state index in [2.05, 4.69) is 0 Å². The molecule has 0 fully saturated rings. The number of aromatic carboxylic acids is 1. The molecule has 1 atom stereocenters. The molecular weight excluding hydrogens is 562 g/mol. The Morgan fingerprint density at radius 3 is 2.34 bits per heavy atom. The summed E-state index contributed by atoms with van der Waals surface area (Å²) in [6.07, 6.45) is -10.0. The number of benzene rings is 2. The SMILES string of the molecule is Cn1c(=O)n(CCC(F)(F)F)c2cc(-n3cc(C(=O)O)c(=O)n([C@@H]4CCc5c4cccc5C(F)(F)F)c3=O)ccc21. The molecule has 2 aromatic carbocycles. The van der Waals surface area contributed by atoms with Crippen LogP contribution in [0.2, 0.25) is 0 Å². The Labute approximate surface area is 225 Å². The minimum absolute atomic E-state index is 0.0156. The van der Waals surface area contributed by atoms with Gasteiger partial charge >= 0.3 is 29.7 Å². The Bertz CT molecular complexity index is 1890.